The lowest BCUT2D eigenvalue weighted by Gasteiger charge is -2.23. The Hall–Kier alpha value is -1.94. The highest BCUT2D eigenvalue weighted by molar-refractivity contribution is 7.99. The van der Waals surface area contributed by atoms with Crippen molar-refractivity contribution in [3.8, 4) is 5.75 Å². The van der Waals surface area contributed by atoms with Crippen LogP contribution in [0.4, 0.5) is 0 Å². The van der Waals surface area contributed by atoms with Gasteiger partial charge in [0.25, 0.3) is 0 Å². The zero-order chi connectivity index (χ0) is 16.1. The largest absolute Gasteiger partial charge is 0.489 e. The van der Waals surface area contributed by atoms with Crippen molar-refractivity contribution in [3.63, 3.8) is 0 Å². The van der Waals surface area contributed by atoms with Crippen LogP contribution < -0.4 is 4.74 Å². The van der Waals surface area contributed by atoms with E-state index >= 15 is 0 Å². The maximum absolute atomic E-state index is 12.0. The molecule has 0 bridgehead atoms. The lowest BCUT2D eigenvalue weighted by molar-refractivity contribution is -0.130. The maximum atomic E-state index is 12.0. The summed E-state index contributed by atoms with van der Waals surface area (Å²) in [5.74, 6) is 2.08. The fourth-order valence-electron chi connectivity index (χ4n) is 2.67. The molecule has 0 aliphatic carbocycles. The molecule has 1 unspecified atom stereocenters. The Morgan fingerprint density at radius 1 is 1.17 bits per heavy atom. The number of amides is 1. The summed E-state index contributed by atoms with van der Waals surface area (Å²) in [6, 6.07) is 18.3. The molecular formula is C19H21NO2S. The van der Waals surface area contributed by atoms with Gasteiger partial charge in [0.05, 0.1) is 0 Å². The van der Waals surface area contributed by atoms with Crippen LogP contribution >= 0.6 is 11.8 Å². The van der Waals surface area contributed by atoms with E-state index in [0.717, 1.165) is 23.6 Å². The summed E-state index contributed by atoms with van der Waals surface area (Å²) in [4.78, 5) is 14.0. The third kappa shape index (κ3) is 3.88. The molecule has 120 valence electrons. The van der Waals surface area contributed by atoms with Gasteiger partial charge in [0, 0.05) is 18.7 Å². The van der Waals surface area contributed by atoms with Crippen molar-refractivity contribution in [1.29, 1.82) is 0 Å². The van der Waals surface area contributed by atoms with Gasteiger partial charge in [-0.25, -0.2) is 0 Å². The van der Waals surface area contributed by atoms with E-state index in [9.17, 15) is 4.79 Å². The minimum atomic E-state index is 0.144. The fraction of sp³-hybridized carbons (Fsp3) is 0.316. The molecule has 1 amide bonds. The van der Waals surface area contributed by atoms with Crippen LogP contribution in [0.1, 0.15) is 29.8 Å². The summed E-state index contributed by atoms with van der Waals surface area (Å²) in [7, 11) is 0. The van der Waals surface area contributed by atoms with E-state index < -0.39 is 0 Å². The van der Waals surface area contributed by atoms with E-state index in [0.29, 0.717) is 13.0 Å². The van der Waals surface area contributed by atoms with Gasteiger partial charge in [0.15, 0.2) is 0 Å². The van der Waals surface area contributed by atoms with Crippen molar-refractivity contribution in [3.05, 3.63) is 65.7 Å². The Labute approximate surface area is 141 Å². The molecule has 2 aromatic carbocycles. The highest BCUT2D eigenvalue weighted by atomic mass is 32.2. The standard InChI is InChI=1S/C19H21NO2S/c1-2-18(21)20-12-13-23-19(20)16-8-10-17(11-9-16)22-14-15-6-4-3-5-7-15/h3-11,19H,2,12-14H2,1H3. The minimum absolute atomic E-state index is 0.144. The first-order valence-corrected chi connectivity index (χ1v) is 9.00. The third-order valence-electron chi connectivity index (χ3n) is 3.93. The van der Waals surface area contributed by atoms with Crippen LogP contribution in [-0.4, -0.2) is 23.1 Å². The highest BCUT2D eigenvalue weighted by Crippen LogP contribution is 2.38. The first-order valence-electron chi connectivity index (χ1n) is 7.95. The molecule has 1 saturated heterocycles. The summed E-state index contributed by atoms with van der Waals surface area (Å²) in [6.45, 7) is 3.33. The number of carbonyl (C=O) groups is 1. The number of benzene rings is 2. The predicted octanol–water partition coefficient (Wildman–Crippen LogP) is 4.25. The zero-order valence-corrected chi connectivity index (χ0v) is 14.1. The van der Waals surface area contributed by atoms with Crippen molar-refractivity contribution in [2.45, 2.75) is 25.3 Å². The molecule has 1 atom stereocenters. The number of carbonyl (C=O) groups excluding carboxylic acids is 1. The molecule has 3 nitrogen and oxygen atoms in total. The molecule has 1 aliphatic heterocycles. The van der Waals surface area contributed by atoms with Crippen LogP contribution in [-0.2, 0) is 11.4 Å². The zero-order valence-electron chi connectivity index (χ0n) is 13.3. The Bertz CT molecular complexity index is 642. The Morgan fingerprint density at radius 2 is 1.91 bits per heavy atom. The smallest absolute Gasteiger partial charge is 0.223 e. The van der Waals surface area contributed by atoms with E-state index in [1.165, 1.54) is 5.56 Å². The van der Waals surface area contributed by atoms with Crippen molar-refractivity contribution in [2.24, 2.45) is 0 Å². The third-order valence-corrected chi connectivity index (χ3v) is 5.19. The number of hydrogen-bond acceptors (Lipinski definition) is 3. The number of ether oxygens (including phenoxy) is 1. The molecule has 0 aromatic heterocycles. The molecule has 0 radical (unpaired) electrons. The molecule has 23 heavy (non-hydrogen) atoms. The molecule has 4 heteroatoms. The molecule has 2 aromatic rings. The normalized spacial score (nSPS) is 17.3. The van der Waals surface area contributed by atoms with E-state index in [2.05, 4.69) is 24.3 Å². The van der Waals surface area contributed by atoms with Crippen LogP contribution in [0.3, 0.4) is 0 Å². The summed E-state index contributed by atoms with van der Waals surface area (Å²) in [5.41, 5.74) is 2.32. The summed E-state index contributed by atoms with van der Waals surface area (Å²) in [5, 5.41) is 0.144. The topological polar surface area (TPSA) is 29.5 Å². The van der Waals surface area contributed by atoms with Crippen molar-refractivity contribution >= 4 is 17.7 Å². The summed E-state index contributed by atoms with van der Waals surface area (Å²) in [6.07, 6.45) is 0.565. The second-order valence-corrected chi connectivity index (χ2v) is 6.70. The molecule has 1 aliphatic rings. The number of nitrogens with zero attached hydrogens (tertiary/aromatic N) is 1. The van der Waals surface area contributed by atoms with Crippen LogP contribution in [0.15, 0.2) is 54.6 Å². The van der Waals surface area contributed by atoms with Crippen molar-refractivity contribution in [2.75, 3.05) is 12.3 Å². The molecule has 0 spiro atoms. The van der Waals surface area contributed by atoms with Gasteiger partial charge in [-0.1, -0.05) is 49.4 Å². The van der Waals surface area contributed by atoms with Gasteiger partial charge in [0.1, 0.15) is 17.7 Å². The minimum Gasteiger partial charge on any atom is -0.489 e. The van der Waals surface area contributed by atoms with Gasteiger partial charge < -0.3 is 9.64 Å². The maximum Gasteiger partial charge on any atom is 0.223 e. The van der Waals surface area contributed by atoms with Crippen LogP contribution in [0.5, 0.6) is 5.75 Å². The molecule has 0 N–H and O–H groups in total. The van der Waals surface area contributed by atoms with Gasteiger partial charge >= 0.3 is 0 Å². The van der Waals surface area contributed by atoms with Crippen LogP contribution in [0.25, 0.3) is 0 Å². The van der Waals surface area contributed by atoms with E-state index in [1.54, 1.807) is 0 Å². The van der Waals surface area contributed by atoms with Gasteiger partial charge in [-0.3, -0.25) is 4.79 Å². The summed E-state index contributed by atoms with van der Waals surface area (Å²) >= 11 is 1.83. The van der Waals surface area contributed by atoms with E-state index in [-0.39, 0.29) is 11.3 Å². The Morgan fingerprint density at radius 3 is 2.61 bits per heavy atom. The highest BCUT2D eigenvalue weighted by Gasteiger charge is 2.29. The second-order valence-electron chi connectivity index (χ2n) is 5.51. The Kier molecular flexibility index (Phi) is 5.23. The van der Waals surface area contributed by atoms with Crippen LogP contribution in [0.2, 0.25) is 0 Å². The van der Waals surface area contributed by atoms with Crippen LogP contribution in [0, 0.1) is 0 Å². The lowest BCUT2D eigenvalue weighted by atomic mass is 10.2. The first-order chi connectivity index (χ1) is 11.3. The average Bonchev–Trinajstić information content (AvgIpc) is 3.10. The van der Waals surface area contributed by atoms with Crippen molar-refractivity contribution < 1.29 is 9.53 Å². The number of rotatable bonds is 5. The van der Waals surface area contributed by atoms with Gasteiger partial charge in [-0.05, 0) is 23.3 Å². The lowest BCUT2D eigenvalue weighted by Crippen LogP contribution is -2.29. The number of hydrogen-bond donors (Lipinski definition) is 0. The molecule has 3 rings (SSSR count). The fourth-order valence-corrected chi connectivity index (χ4v) is 3.95. The van der Waals surface area contributed by atoms with Gasteiger partial charge in [-0.15, -0.1) is 11.8 Å². The predicted molar refractivity (Wildman–Crippen MR) is 94.4 cm³/mol. The van der Waals surface area contributed by atoms with E-state index in [4.69, 9.17) is 4.74 Å². The SMILES string of the molecule is CCC(=O)N1CCSC1c1ccc(OCc2ccccc2)cc1. The molecule has 1 heterocycles. The second kappa shape index (κ2) is 7.55. The quantitative estimate of drug-likeness (QED) is 0.822. The van der Waals surface area contributed by atoms with Crippen molar-refractivity contribution in [1.82, 2.24) is 4.90 Å². The monoisotopic (exact) mass is 327 g/mol. The molecular weight excluding hydrogens is 306 g/mol. The van der Waals surface area contributed by atoms with Gasteiger partial charge in [-0.2, -0.15) is 0 Å². The Balaban J connectivity index is 1.64. The summed E-state index contributed by atoms with van der Waals surface area (Å²) < 4.78 is 5.82. The number of thioether (sulfide) groups is 1. The average molecular weight is 327 g/mol. The van der Waals surface area contributed by atoms with E-state index in [1.807, 2.05) is 53.9 Å². The van der Waals surface area contributed by atoms with Gasteiger partial charge in [0.2, 0.25) is 5.91 Å². The first kappa shape index (κ1) is 15.9. The molecule has 0 saturated carbocycles. The molecule has 1 fully saturated rings.